The molecule has 2 aromatic rings. The minimum Gasteiger partial charge on any atom is -0.494 e. The van der Waals surface area contributed by atoms with Crippen LogP contribution >= 0.6 is 12.2 Å². The summed E-state index contributed by atoms with van der Waals surface area (Å²) in [4.78, 5) is 24.5. The number of nitrogens with one attached hydrogen (secondary N) is 3. The fraction of sp³-hybridized carbons (Fsp3) is 0.318. The van der Waals surface area contributed by atoms with Gasteiger partial charge in [0.1, 0.15) is 5.75 Å². The van der Waals surface area contributed by atoms with Gasteiger partial charge in [-0.15, -0.1) is 0 Å². The third-order valence-electron chi connectivity index (χ3n) is 4.19. The van der Waals surface area contributed by atoms with Crippen molar-refractivity contribution in [1.29, 1.82) is 0 Å². The maximum Gasteiger partial charge on any atom is 0.257 e. The van der Waals surface area contributed by atoms with Gasteiger partial charge in [-0.3, -0.25) is 14.9 Å². The second-order valence-electron chi connectivity index (χ2n) is 6.64. The van der Waals surface area contributed by atoms with Gasteiger partial charge in [0.15, 0.2) is 5.11 Å². The first kappa shape index (κ1) is 22.4. The predicted molar refractivity (Wildman–Crippen MR) is 120 cm³/mol. The third-order valence-corrected chi connectivity index (χ3v) is 4.40. The molecule has 0 aliphatic rings. The normalized spacial score (nSPS) is 11.3. The van der Waals surface area contributed by atoms with Gasteiger partial charge in [0.05, 0.1) is 6.61 Å². The molecule has 2 amide bonds. The van der Waals surface area contributed by atoms with Crippen LogP contribution in [0.2, 0.25) is 0 Å². The van der Waals surface area contributed by atoms with E-state index >= 15 is 0 Å². The highest BCUT2D eigenvalue weighted by Crippen LogP contribution is 2.14. The molecule has 3 N–H and O–H groups in total. The molecule has 1 atom stereocenters. The van der Waals surface area contributed by atoms with Crippen molar-refractivity contribution < 1.29 is 14.3 Å². The molecule has 2 rings (SSSR count). The molecule has 0 aliphatic carbocycles. The lowest BCUT2D eigenvalue weighted by molar-refractivity contribution is 0.0937. The lowest BCUT2D eigenvalue weighted by Crippen LogP contribution is -2.34. The number of anilines is 1. The van der Waals surface area contributed by atoms with Crippen molar-refractivity contribution in [2.24, 2.45) is 0 Å². The van der Waals surface area contributed by atoms with E-state index in [1.165, 1.54) is 0 Å². The van der Waals surface area contributed by atoms with Crippen LogP contribution in [0.4, 0.5) is 5.69 Å². The summed E-state index contributed by atoms with van der Waals surface area (Å²) in [6.07, 6.45) is 1.76. The van der Waals surface area contributed by atoms with Crippen molar-refractivity contribution in [2.45, 2.75) is 39.7 Å². The van der Waals surface area contributed by atoms with Gasteiger partial charge in [0, 0.05) is 22.9 Å². The smallest absolute Gasteiger partial charge is 0.257 e. The van der Waals surface area contributed by atoms with Gasteiger partial charge in [0.25, 0.3) is 11.8 Å². The average Bonchev–Trinajstić information content (AvgIpc) is 2.72. The molecule has 1 unspecified atom stereocenters. The first-order chi connectivity index (χ1) is 13.9. The Morgan fingerprint density at radius 2 is 1.76 bits per heavy atom. The van der Waals surface area contributed by atoms with E-state index in [0.29, 0.717) is 29.2 Å². The van der Waals surface area contributed by atoms with E-state index in [1.807, 2.05) is 26.8 Å². The highest BCUT2D eigenvalue weighted by molar-refractivity contribution is 7.80. The number of ether oxygens (including phenoxy) is 1. The predicted octanol–water partition coefficient (Wildman–Crippen LogP) is 4.13. The van der Waals surface area contributed by atoms with Gasteiger partial charge >= 0.3 is 0 Å². The van der Waals surface area contributed by atoms with Crippen LogP contribution in [0.15, 0.2) is 48.5 Å². The molecule has 0 bridgehead atoms. The van der Waals surface area contributed by atoms with Crippen molar-refractivity contribution in [2.75, 3.05) is 11.9 Å². The van der Waals surface area contributed by atoms with Crippen LogP contribution in [0.5, 0.6) is 5.75 Å². The molecule has 2 aromatic carbocycles. The zero-order valence-corrected chi connectivity index (χ0v) is 17.8. The molecule has 0 fully saturated rings. The van der Waals surface area contributed by atoms with E-state index in [9.17, 15) is 9.59 Å². The SMILES string of the molecule is CCCOc1cccc(C(=O)NC(=S)Nc2ccc(C(=O)NC(C)CC)cc2)c1. The van der Waals surface area contributed by atoms with Gasteiger partial charge < -0.3 is 15.4 Å². The van der Waals surface area contributed by atoms with Gasteiger partial charge in [-0.1, -0.05) is 19.9 Å². The van der Waals surface area contributed by atoms with E-state index in [-0.39, 0.29) is 23.0 Å². The van der Waals surface area contributed by atoms with Crippen LogP contribution in [0.1, 0.15) is 54.3 Å². The molecule has 0 radical (unpaired) electrons. The summed E-state index contributed by atoms with van der Waals surface area (Å²) >= 11 is 5.22. The molecular formula is C22H27N3O3S. The monoisotopic (exact) mass is 413 g/mol. The Morgan fingerprint density at radius 1 is 1.03 bits per heavy atom. The maximum absolute atomic E-state index is 12.4. The minimum atomic E-state index is -0.325. The molecule has 0 aromatic heterocycles. The number of carbonyl (C=O) groups is 2. The molecule has 154 valence electrons. The van der Waals surface area contributed by atoms with Crippen molar-refractivity contribution in [3.8, 4) is 5.75 Å². The van der Waals surface area contributed by atoms with E-state index in [1.54, 1.807) is 42.5 Å². The van der Waals surface area contributed by atoms with E-state index in [4.69, 9.17) is 17.0 Å². The third kappa shape index (κ3) is 7.19. The quantitative estimate of drug-likeness (QED) is 0.567. The Bertz CT molecular complexity index is 853. The van der Waals surface area contributed by atoms with Gasteiger partial charge in [0.2, 0.25) is 0 Å². The molecule has 0 saturated heterocycles. The Kier molecular flexibility index (Phi) is 8.61. The second kappa shape index (κ2) is 11.2. The fourth-order valence-electron chi connectivity index (χ4n) is 2.40. The summed E-state index contributed by atoms with van der Waals surface area (Å²) in [7, 11) is 0. The van der Waals surface area contributed by atoms with Crippen LogP contribution in [0.3, 0.4) is 0 Å². The van der Waals surface area contributed by atoms with Gasteiger partial charge in [-0.25, -0.2) is 0 Å². The van der Waals surface area contributed by atoms with Crippen LogP contribution in [0, 0.1) is 0 Å². The maximum atomic E-state index is 12.4. The van der Waals surface area contributed by atoms with E-state index in [0.717, 1.165) is 12.8 Å². The Morgan fingerprint density at radius 3 is 2.41 bits per heavy atom. The number of carbonyl (C=O) groups excluding carboxylic acids is 2. The Hall–Kier alpha value is -2.93. The average molecular weight is 414 g/mol. The first-order valence-electron chi connectivity index (χ1n) is 9.69. The standard InChI is InChI=1S/C22H27N3O3S/c1-4-13-28-19-8-6-7-17(14-19)21(27)25-22(29)24-18-11-9-16(10-12-18)20(26)23-15(3)5-2/h6-12,14-15H,4-5,13H2,1-3H3,(H,23,26)(H2,24,25,27,29). The van der Waals surface area contributed by atoms with Crippen LogP contribution in [-0.4, -0.2) is 29.6 Å². The molecule has 0 saturated carbocycles. The lowest BCUT2D eigenvalue weighted by Gasteiger charge is -2.13. The number of benzene rings is 2. The molecule has 29 heavy (non-hydrogen) atoms. The number of amides is 2. The van der Waals surface area contributed by atoms with Gasteiger partial charge in [-0.2, -0.15) is 0 Å². The van der Waals surface area contributed by atoms with Crippen LogP contribution < -0.4 is 20.7 Å². The summed E-state index contributed by atoms with van der Waals surface area (Å²) in [6, 6.07) is 14.0. The summed E-state index contributed by atoms with van der Waals surface area (Å²) in [5.41, 5.74) is 1.70. The highest BCUT2D eigenvalue weighted by Gasteiger charge is 2.11. The fourth-order valence-corrected chi connectivity index (χ4v) is 2.61. The Balaban J connectivity index is 1.92. The van der Waals surface area contributed by atoms with Crippen molar-refractivity contribution in [3.63, 3.8) is 0 Å². The zero-order chi connectivity index (χ0) is 21.2. The summed E-state index contributed by atoms with van der Waals surface area (Å²) in [5, 5.41) is 8.68. The number of hydrogen-bond donors (Lipinski definition) is 3. The zero-order valence-electron chi connectivity index (χ0n) is 17.0. The summed E-state index contributed by atoms with van der Waals surface area (Å²) < 4.78 is 5.55. The molecule has 7 heteroatoms. The van der Waals surface area contributed by atoms with Crippen molar-refractivity contribution in [3.05, 3.63) is 59.7 Å². The molecule has 0 aliphatic heterocycles. The lowest BCUT2D eigenvalue weighted by atomic mass is 10.1. The number of rotatable bonds is 8. The van der Waals surface area contributed by atoms with Crippen molar-refractivity contribution >= 4 is 34.8 Å². The van der Waals surface area contributed by atoms with E-state index in [2.05, 4.69) is 16.0 Å². The molecular weight excluding hydrogens is 386 g/mol. The second-order valence-corrected chi connectivity index (χ2v) is 7.05. The van der Waals surface area contributed by atoms with Crippen LogP contribution in [0.25, 0.3) is 0 Å². The van der Waals surface area contributed by atoms with Gasteiger partial charge in [-0.05, 0) is 74.4 Å². The number of thiocarbonyl (C=S) groups is 1. The first-order valence-corrected chi connectivity index (χ1v) is 10.1. The summed E-state index contributed by atoms with van der Waals surface area (Å²) in [5.74, 6) is 0.200. The summed E-state index contributed by atoms with van der Waals surface area (Å²) in [6.45, 7) is 6.59. The van der Waals surface area contributed by atoms with Crippen molar-refractivity contribution in [1.82, 2.24) is 10.6 Å². The Labute approximate surface area is 177 Å². The number of hydrogen-bond acceptors (Lipinski definition) is 4. The van der Waals surface area contributed by atoms with Crippen LogP contribution in [-0.2, 0) is 0 Å². The molecule has 0 heterocycles. The minimum absolute atomic E-state index is 0.119. The highest BCUT2D eigenvalue weighted by atomic mass is 32.1. The molecule has 6 nitrogen and oxygen atoms in total. The molecule has 0 spiro atoms. The topological polar surface area (TPSA) is 79.5 Å². The largest absolute Gasteiger partial charge is 0.494 e. The van der Waals surface area contributed by atoms with E-state index < -0.39 is 0 Å².